The number of hydrogen-bond donors (Lipinski definition) is 8. The van der Waals surface area contributed by atoms with Crippen LogP contribution in [0.15, 0.2) is 24.3 Å². The topological polar surface area (TPSA) is 162 Å². The summed E-state index contributed by atoms with van der Waals surface area (Å²) in [5.74, 6) is 0.997. The van der Waals surface area contributed by atoms with Crippen molar-refractivity contribution in [3.63, 3.8) is 0 Å². The maximum absolute atomic E-state index is 10.5. The molecule has 0 radical (unpaired) electrons. The van der Waals surface area contributed by atoms with Crippen LogP contribution in [0.2, 0.25) is 0 Å². The number of aryl methyl sites for hydroxylation is 2. The predicted octanol–water partition coefficient (Wildman–Crippen LogP) is 25.0. The van der Waals surface area contributed by atoms with Gasteiger partial charge in [0.15, 0.2) is 0 Å². The van der Waals surface area contributed by atoms with Crippen LogP contribution in [0.5, 0.6) is 11.5 Å². The van der Waals surface area contributed by atoms with Gasteiger partial charge in [0.2, 0.25) is 0 Å². The monoisotopic (exact) mass is 1280 g/mol. The van der Waals surface area contributed by atoms with E-state index in [0.29, 0.717) is 11.5 Å². The third-order valence-corrected chi connectivity index (χ3v) is 23.5. The molecule has 0 unspecified atom stereocenters. The molecule has 10 heteroatoms. The first-order valence-electron chi connectivity index (χ1n) is 37.7. The van der Waals surface area contributed by atoms with E-state index in [9.17, 15) is 39.6 Å². The number of hydrogen-bond acceptors (Lipinski definition) is 8. The molecule has 0 saturated heterocycles. The Bertz CT molecular complexity index is 1770. The summed E-state index contributed by atoms with van der Waals surface area (Å²) in [6.07, 6.45) is 57.2. The van der Waals surface area contributed by atoms with E-state index in [2.05, 4.69) is 102 Å². The number of rotatable bonds is 52. The van der Waals surface area contributed by atoms with Gasteiger partial charge in [-0.3, -0.25) is 0 Å². The van der Waals surface area contributed by atoms with Gasteiger partial charge in [0.05, 0.1) is 0 Å². The van der Waals surface area contributed by atoms with Crippen molar-refractivity contribution in [2.75, 3.05) is 24.6 Å². The number of unbranched alkanes of at least 4 members (excludes halogenated alkanes) is 40. The molecule has 88 heavy (non-hydrogen) atoms. The predicted molar refractivity (Wildman–Crippen MR) is 392 cm³/mol. The van der Waals surface area contributed by atoms with Crippen LogP contribution < -0.4 is 0 Å². The van der Waals surface area contributed by atoms with Crippen LogP contribution in [0.3, 0.4) is 0 Å². The molecule has 0 saturated carbocycles. The van der Waals surface area contributed by atoms with E-state index >= 15 is 0 Å². The summed E-state index contributed by atoms with van der Waals surface area (Å²) < 4.78 is 0. The van der Waals surface area contributed by atoms with E-state index < -0.39 is 14.6 Å². The summed E-state index contributed by atoms with van der Waals surface area (Å²) in [5, 5.41) is 21.1. The summed E-state index contributed by atoms with van der Waals surface area (Å²) >= 11 is 0. The molecule has 2 aromatic rings. The third-order valence-electron chi connectivity index (χ3n) is 18.6. The van der Waals surface area contributed by atoms with Crippen LogP contribution in [0.25, 0.3) is 0 Å². The summed E-state index contributed by atoms with van der Waals surface area (Å²) in [5.41, 5.74) is 6.52. The molecule has 8 N–H and O–H groups in total. The molecule has 2 aromatic carbocycles. The van der Waals surface area contributed by atoms with Crippen molar-refractivity contribution in [2.45, 2.75) is 402 Å². The van der Waals surface area contributed by atoms with Gasteiger partial charge >= 0.3 is 351 Å². The second-order valence-electron chi connectivity index (χ2n) is 30.0. The molecule has 2 rings (SSSR count). The average Bonchev–Trinajstić information content (AvgIpc) is 0.829. The zero-order chi connectivity index (χ0) is 66.3. The van der Waals surface area contributed by atoms with E-state index in [1.807, 2.05) is 12.1 Å². The van der Waals surface area contributed by atoms with E-state index in [1.165, 1.54) is 217 Å². The smallest absolute Gasteiger partial charge is 0.0654 e. The van der Waals surface area contributed by atoms with Crippen molar-refractivity contribution in [2.24, 2.45) is 0 Å². The minimum absolute atomic E-state index is 0.121. The molecule has 0 aliphatic rings. The van der Waals surface area contributed by atoms with Crippen molar-refractivity contribution >= 4 is 14.6 Å². The summed E-state index contributed by atoms with van der Waals surface area (Å²) in [7, 11) is -8.73. The Morgan fingerprint density at radius 3 is 0.636 bits per heavy atom. The van der Waals surface area contributed by atoms with Gasteiger partial charge in [-0.15, -0.1) is 0 Å². The van der Waals surface area contributed by atoms with Crippen molar-refractivity contribution < 1.29 is 39.6 Å². The van der Waals surface area contributed by atoms with Crippen molar-refractivity contribution in [1.82, 2.24) is 0 Å². The number of benzene rings is 2. The second-order valence-corrected chi connectivity index (χ2v) is 37.2. The normalized spacial score (nSPS) is 13.2. The second kappa shape index (κ2) is 49.2. The third kappa shape index (κ3) is 45.9. The Morgan fingerprint density at radius 1 is 0.284 bits per heavy atom. The number of aromatic hydroxyl groups is 2. The Hall–Kier alpha value is -1.34. The van der Waals surface area contributed by atoms with Gasteiger partial charge in [-0.2, -0.15) is 0 Å². The summed E-state index contributed by atoms with van der Waals surface area (Å²) in [4.78, 5) is 61.9. The van der Waals surface area contributed by atoms with E-state index in [0.717, 1.165) is 112 Å². The molecule has 0 atom stereocenters. The zero-order valence-electron chi connectivity index (χ0n) is 60.7. The summed E-state index contributed by atoms with van der Waals surface area (Å²) in [6.45, 7) is 28.2. The Labute approximate surface area is 547 Å². The molecular weight excluding hydrogens is 1130 g/mol. The molecule has 8 nitrogen and oxygen atoms in total. The first-order chi connectivity index (χ1) is 41.5. The van der Waals surface area contributed by atoms with Crippen LogP contribution in [-0.2, 0) is 10.8 Å². The first-order valence-corrected chi connectivity index (χ1v) is 42.7. The Kier molecular flexibility index (Phi) is 48.5. The Morgan fingerprint density at radius 2 is 0.466 bits per heavy atom. The van der Waals surface area contributed by atoms with Gasteiger partial charge in [-0.1, -0.05) is 94.7 Å². The summed E-state index contributed by atoms with van der Waals surface area (Å²) in [6, 6.07) is 8.24. The maximum atomic E-state index is 10.5. The molecule has 0 aliphatic carbocycles. The molecule has 0 aromatic heterocycles. The minimum atomic E-state index is -4.36. The van der Waals surface area contributed by atoms with Gasteiger partial charge in [-0.05, 0) is 76.6 Å². The van der Waals surface area contributed by atoms with Crippen LogP contribution >= 0.6 is 14.6 Å². The molecule has 0 fully saturated rings. The molecular formula is C78H152O8P2. The Balaban J connectivity index is 0.00000129. The van der Waals surface area contributed by atoms with Gasteiger partial charge in [0.1, 0.15) is 11.5 Å². The van der Waals surface area contributed by atoms with Gasteiger partial charge < -0.3 is 10.2 Å². The van der Waals surface area contributed by atoms with Crippen molar-refractivity contribution in [3.05, 3.63) is 57.6 Å². The average molecular weight is 1280 g/mol. The van der Waals surface area contributed by atoms with Crippen LogP contribution in [-0.4, -0.2) is 64.2 Å². The minimum Gasteiger partial charge on any atom is -0.0654 e. The van der Waals surface area contributed by atoms with Crippen molar-refractivity contribution in [1.29, 1.82) is 0 Å². The standard InChI is InChI=1S/2C26H57O3P.C26H38O2/c2*1-3-5-7-9-11-13-15-17-19-21-23-25-30(27,28,29)26-24-22-20-18-16-14-12-10-8-6-4-2;1-10-11-18(19-14-21(25(4,5)6)23(27)12-16(19)2)20-15-22(26(7,8)9)24(28)13-17(20)3/h2*27-29H,3-26H2,1-2H3;12-15,18,27-28H,10-11H2,1-9H3. The fraction of sp³-hybridized carbons (Fsp3) is 0.846. The van der Waals surface area contributed by atoms with Gasteiger partial charge in [-0.25, -0.2) is 0 Å². The van der Waals surface area contributed by atoms with Crippen LogP contribution in [0, 0.1) is 13.8 Å². The van der Waals surface area contributed by atoms with Crippen LogP contribution in [0.4, 0.5) is 0 Å². The van der Waals surface area contributed by atoms with Gasteiger partial charge in [0.25, 0.3) is 0 Å². The quantitative estimate of drug-likeness (QED) is 0.0240. The molecule has 0 heterocycles. The fourth-order valence-corrected chi connectivity index (χ4v) is 16.7. The van der Waals surface area contributed by atoms with Crippen molar-refractivity contribution in [3.8, 4) is 11.5 Å². The number of phenols is 2. The fourth-order valence-electron chi connectivity index (χ4n) is 12.8. The molecule has 0 amide bonds. The molecule has 0 bridgehead atoms. The SMILES string of the molecule is CCCC(c1cc(C(C)(C)C)c(O)cc1C)c1cc(C(C)(C)C)c(O)cc1C.CCCCCCCCCCCCCP(O)(O)(O)CCCCCCCCCCCCC.CCCCCCCCCCCCCP(O)(O)(O)CCCCCCCCCCCCC. The molecule has 522 valence electrons. The number of phenolic OH excluding ortho intramolecular Hbond substituents is 2. The van der Waals surface area contributed by atoms with E-state index in [4.69, 9.17) is 0 Å². The van der Waals surface area contributed by atoms with Gasteiger partial charge in [0, 0.05) is 5.92 Å². The van der Waals surface area contributed by atoms with E-state index in [-0.39, 0.29) is 41.4 Å². The van der Waals surface area contributed by atoms with E-state index in [1.54, 1.807) is 0 Å². The van der Waals surface area contributed by atoms with Crippen LogP contribution in [0.1, 0.15) is 411 Å². The zero-order valence-corrected chi connectivity index (χ0v) is 62.5. The molecule has 0 spiro atoms. The molecule has 0 aliphatic heterocycles. The first kappa shape index (κ1) is 86.7.